The zero-order valence-electron chi connectivity index (χ0n) is 15.4. The molecule has 0 saturated carbocycles. The Morgan fingerprint density at radius 1 is 1.03 bits per heavy atom. The number of carbonyl (C=O) groups is 1. The molecule has 0 aliphatic heterocycles. The van der Waals surface area contributed by atoms with E-state index in [1.54, 1.807) is 42.6 Å². The van der Waals surface area contributed by atoms with Crippen LogP contribution in [0.2, 0.25) is 5.02 Å². The average Bonchev–Trinajstić information content (AvgIpc) is 2.74. The molecule has 1 unspecified atom stereocenters. The molecule has 8 heteroatoms. The molecule has 0 radical (unpaired) electrons. The molecule has 3 rings (SSSR count). The molecule has 1 amide bonds. The maximum absolute atomic E-state index is 13.2. The van der Waals surface area contributed by atoms with Gasteiger partial charge in [0.05, 0.1) is 4.90 Å². The van der Waals surface area contributed by atoms with Crippen LogP contribution in [-0.2, 0) is 14.6 Å². The van der Waals surface area contributed by atoms with Gasteiger partial charge in [-0.3, -0.25) is 9.78 Å². The van der Waals surface area contributed by atoms with Crippen LogP contribution in [0, 0.1) is 0 Å². The van der Waals surface area contributed by atoms with Crippen LogP contribution in [0.25, 0.3) is 0 Å². The number of amides is 1. The summed E-state index contributed by atoms with van der Waals surface area (Å²) in [4.78, 5) is 16.3. The van der Waals surface area contributed by atoms with E-state index in [4.69, 9.17) is 16.3 Å². The third-order valence-corrected chi connectivity index (χ3v) is 6.54. The zero-order chi connectivity index (χ0) is 20.7. The van der Waals surface area contributed by atoms with E-state index < -0.39 is 21.0 Å². The van der Waals surface area contributed by atoms with Crippen molar-refractivity contribution in [1.82, 2.24) is 10.3 Å². The van der Waals surface area contributed by atoms with E-state index in [0.717, 1.165) is 0 Å². The highest BCUT2D eigenvalue weighted by atomic mass is 35.5. The lowest BCUT2D eigenvalue weighted by Crippen LogP contribution is -2.35. The Kier molecular flexibility index (Phi) is 6.85. The fourth-order valence-electron chi connectivity index (χ4n) is 2.68. The fraction of sp³-hybridized carbons (Fsp3) is 0.143. The Bertz CT molecular complexity index is 1040. The van der Waals surface area contributed by atoms with Crippen molar-refractivity contribution < 1.29 is 17.9 Å². The number of sulfone groups is 1. The summed E-state index contributed by atoms with van der Waals surface area (Å²) in [6, 6.07) is 18.1. The molecule has 0 spiro atoms. The minimum absolute atomic E-state index is 0.116. The Balaban J connectivity index is 1.74. The Morgan fingerprint density at radius 2 is 1.76 bits per heavy atom. The Hall–Kier alpha value is -2.90. The van der Waals surface area contributed by atoms with E-state index in [2.05, 4.69) is 10.3 Å². The lowest BCUT2D eigenvalue weighted by Gasteiger charge is -2.19. The molecule has 3 aromatic rings. The summed E-state index contributed by atoms with van der Waals surface area (Å²) in [5.41, 5.74) is 0.478. The summed E-state index contributed by atoms with van der Waals surface area (Å²) in [5.74, 6) is 0.134. The molecule has 29 heavy (non-hydrogen) atoms. The number of nitrogens with zero attached hydrogens (tertiary/aromatic N) is 1. The maximum atomic E-state index is 13.2. The SMILES string of the molecule is O=C(COc1ccccc1)NCC(c1cccnc1)S(=O)(=O)c1ccc(Cl)cc1. The molecule has 1 heterocycles. The van der Waals surface area contributed by atoms with Gasteiger partial charge in [-0.05, 0) is 48.0 Å². The molecule has 2 aromatic carbocycles. The fourth-order valence-corrected chi connectivity index (χ4v) is 4.46. The van der Waals surface area contributed by atoms with Gasteiger partial charge in [-0.25, -0.2) is 8.42 Å². The van der Waals surface area contributed by atoms with E-state index in [1.807, 2.05) is 6.07 Å². The number of benzene rings is 2. The first kappa shape index (κ1) is 20.8. The predicted octanol–water partition coefficient (Wildman–Crippen LogP) is 3.45. The summed E-state index contributed by atoms with van der Waals surface area (Å²) in [6.45, 7) is -0.335. The summed E-state index contributed by atoms with van der Waals surface area (Å²) in [7, 11) is -3.79. The van der Waals surface area contributed by atoms with Crippen molar-refractivity contribution in [3.63, 3.8) is 0 Å². The van der Waals surface area contributed by atoms with Crippen LogP contribution in [0.5, 0.6) is 5.75 Å². The van der Waals surface area contributed by atoms with Crippen molar-refractivity contribution in [2.45, 2.75) is 10.1 Å². The quantitative estimate of drug-likeness (QED) is 0.591. The number of rotatable bonds is 8. The highest BCUT2D eigenvalue weighted by Gasteiger charge is 2.30. The molecule has 150 valence electrons. The number of nitrogens with one attached hydrogen (secondary N) is 1. The molecule has 1 aromatic heterocycles. The largest absolute Gasteiger partial charge is 0.484 e. The molecular formula is C21H19ClN2O4S. The van der Waals surface area contributed by atoms with Gasteiger partial charge in [0.1, 0.15) is 11.0 Å². The molecule has 0 saturated heterocycles. The zero-order valence-corrected chi connectivity index (χ0v) is 16.9. The van der Waals surface area contributed by atoms with Crippen LogP contribution in [0.3, 0.4) is 0 Å². The average molecular weight is 431 g/mol. The van der Waals surface area contributed by atoms with E-state index in [9.17, 15) is 13.2 Å². The summed E-state index contributed by atoms with van der Waals surface area (Å²) in [6.07, 6.45) is 3.03. The van der Waals surface area contributed by atoms with Gasteiger partial charge >= 0.3 is 0 Å². The Labute approximate surface area is 174 Å². The summed E-state index contributed by atoms with van der Waals surface area (Å²) < 4.78 is 31.8. The molecule has 0 fully saturated rings. The molecule has 0 bridgehead atoms. The lowest BCUT2D eigenvalue weighted by molar-refractivity contribution is -0.123. The number of carbonyl (C=O) groups excluding carboxylic acids is 1. The summed E-state index contributed by atoms with van der Waals surface area (Å²) >= 11 is 5.87. The van der Waals surface area contributed by atoms with Crippen molar-refractivity contribution in [2.75, 3.05) is 13.2 Å². The highest BCUT2D eigenvalue weighted by Crippen LogP contribution is 2.28. The smallest absolute Gasteiger partial charge is 0.257 e. The van der Waals surface area contributed by atoms with Gasteiger partial charge in [-0.15, -0.1) is 0 Å². The first-order chi connectivity index (χ1) is 14.0. The minimum Gasteiger partial charge on any atom is -0.484 e. The van der Waals surface area contributed by atoms with Crippen LogP contribution >= 0.6 is 11.6 Å². The third-order valence-electron chi connectivity index (χ3n) is 4.17. The summed E-state index contributed by atoms with van der Waals surface area (Å²) in [5, 5.41) is 2.08. The van der Waals surface area contributed by atoms with Crippen LogP contribution < -0.4 is 10.1 Å². The maximum Gasteiger partial charge on any atom is 0.257 e. The van der Waals surface area contributed by atoms with Crippen LogP contribution in [0.15, 0.2) is 84.0 Å². The third kappa shape index (κ3) is 5.56. The van der Waals surface area contributed by atoms with E-state index in [1.165, 1.54) is 30.5 Å². The molecular weight excluding hydrogens is 412 g/mol. The second kappa shape index (κ2) is 9.54. The van der Waals surface area contributed by atoms with Crippen LogP contribution in [0.4, 0.5) is 0 Å². The topological polar surface area (TPSA) is 85.4 Å². The van der Waals surface area contributed by atoms with Crippen LogP contribution in [-0.4, -0.2) is 32.5 Å². The Morgan fingerprint density at radius 3 is 2.41 bits per heavy atom. The van der Waals surface area contributed by atoms with Gasteiger partial charge in [0.25, 0.3) is 5.91 Å². The highest BCUT2D eigenvalue weighted by molar-refractivity contribution is 7.91. The normalized spacial score (nSPS) is 12.2. The van der Waals surface area contributed by atoms with E-state index in [0.29, 0.717) is 16.3 Å². The van der Waals surface area contributed by atoms with Gasteiger partial charge < -0.3 is 10.1 Å². The van der Waals surface area contributed by atoms with Crippen molar-refractivity contribution >= 4 is 27.3 Å². The predicted molar refractivity (Wildman–Crippen MR) is 111 cm³/mol. The van der Waals surface area contributed by atoms with Crippen LogP contribution in [0.1, 0.15) is 10.8 Å². The van der Waals surface area contributed by atoms with Crippen molar-refractivity contribution in [3.8, 4) is 5.75 Å². The number of hydrogen-bond donors (Lipinski definition) is 1. The number of ether oxygens (including phenoxy) is 1. The second-order valence-corrected chi connectivity index (χ2v) is 8.75. The number of halogens is 1. The number of aromatic nitrogens is 1. The number of para-hydroxylation sites is 1. The minimum atomic E-state index is -3.79. The molecule has 6 nitrogen and oxygen atoms in total. The first-order valence-corrected chi connectivity index (χ1v) is 10.7. The monoisotopic (exact) mass is 430 g/mol. The van der Waals surface area contributed by atoms with Gasteiger partial charge in [0.15, 0.2) is 16.4 Å². The molecule has 1 atom stereocenters. The van der Waals surface area contributed by atoms with Crippen molar-refractivity contribution in [1.29, 1.82) is 0 Å². The van der Waals surface area contributed by atoms with Crippen molar-refractivity contribution in [3.05, 3.63) is 89.7 Å². The van der Waals surface area contributed by atoms with Gasteiger partial charge in [0.2, 0.25) is 0 Å². The lowest BCUT2D eigenvalue weighted by atomic mass is 10.2. The first-order valence-electron chi connectivity index (χ1n) is 8.81. The second-order valence-electron chi connectivity index (χ2n) is 6.18. The van der Waals surface area contributed by atoms with E-state index >= 15 is 0 Å². The number of pyridine rings is 1. The van der Waals surface area contributed by atoms with Gasteiger partial charge in [0, 0.05) is 24.0 Å². The van der Waals surface area contributed by atoms with Gasteiger partial charge in [-0.2, -0.15) is 0 Å². The molecule has 0 aliphatic rings. The standard InChI is InChI=1S/C21H19ClN2O4S/c22-17-8-10-19(11-9-17)29(26,27)20(16-5-4-12-23-13-16)14-24-21(25)15-28-18-6-2-1-3-7-18/h1-13,20H,14-15H2,(H,24,25). The van der Waals surface area contributed by atoms with E-state index in [-0.39, 0.29) is 18.0 Å². The molecule has 1 N–H and O–H groups in total. The number of hydrogen-bond acceptors (Lipinski definition) is 5. The molecule has 0 aliphatic carbocycles. The van der Waals surface area contributed by atoms with Crippen molar-refractivity contribution in [2.24, 2.45) is 0 Å². The van der Waals surface area contributed by atoms with Gasteiger partial charge in [-0.1, -0.05) is 35.9 Å².